The minimum Gasteiger partial charge on any atom is -0.468 e. The highest BCUT2D eigenvalue weighted by atomic mass is 16.5. The third kappa shape index (κ3) is 4.97. The molecule has 0 aliphatic heterocycles. The van der Waals surface area contributed by atoms with Crippen LogP contribution in [-0.4, -0.2) is 37.4 Å². The number of carbonyl (C=O) groups is 1. The second-order valence-electron chi connectivity index (χ2n) is 3.80. The Balaban J connectivity index is 2.54. The lowest BCUT2D eigenvalue weighted by Crippen LogP contribution is -2.40. The van der Waals surface area contributed by atoms with E-state index in [0.29, 0.717) is 19.4 Å². The van der Waals surface area contributed by atoms with Gasteiger partial charge < -0.3 is 15.2 Å². The van der Waals surface area contributed by atoms with Gasteiger partial charge in [-0.3, -0.25) is 4.79 Å². The van der Waals surface area contributed by atoms with Gasteiger partial charge in [0.05, 0.1) is 7.11 Å². The highest BCUT2D eigenvalue weighted by Gasteiger charge is 2.18. The molecule has 0 radical (unpaired) electrons. The number of aliphatic hydroxyl groups is 1. The molecular weight excluding hydrogens is 218 g/mol. The smallest absolute Gasteiger partial charge is 0.323 e. The van der Waals surface area contributed by atoms with Crippen molar-refractivity contribution >= 4 is 5.97 Å². The fourth-order valence-corrected chi connectivity index (χ4v) is 1.59. The topological polar surface area (TPSA) is 58.6 Å². The maximum absolute atomic E-state index is 11.6. The zero-order valence-corrected chi connectivity index (χ0v) is 10.1. The van der Waals surface area contributed by atoms with Gasteiger partial charge in [-0.2, -0.15) is 0 Å². The van der Waals surface area contributed by atoms with Crippen molar-refractivity contribution in [2.75, 3.05) is 20.3 Å². The van der Waals surface area contributed by atoms with Crippen LogP contribution >= 0.6 is 0 Å². The van der Waals surface area contributed by atoms with Crippen LogP contribution < -0.4 is 5.32 Å². The van der Waals surface area contributed by atoms with Crippen LogP contribution in [0.25, 0.3) is 0 Å². The zero-order chi connectivity index (χ0) is 12.5. The van der Waals surface area contributed by atoms with Crippen molar-refractivity contribution in [2.45, 2.75) is 18.9 Å². The molecule has 1 atom stereocenters. The monoisotopic (exact) mass is 237 g/mol. The summed E-state index contributed by atoms with van der Waals surface area (Å²) in [6, 6.07) is 9.42. The molecule has 0 amide bonds. The van der Waals surface area contributed by atoms with E-state index in [9.17, 15) is 4.79 Å². The van der Waals surface area contributed by atoms with Crippen LogP contribution in [0.2, 0.25) is 0 Å². The van der Waals surface area contributed by atoms with Crippen LogP contribution in [0.5, 0.6) is 0 Å². The number of esters is 1. The number of methoxy groups -OCH3 is 1. The van der Waals surface area contributed by atoms with Gasteiger partial charge in [0.2, 0.25) is 0 Å². The molecule has 1 aromatic rings. The van der Waals surface area contributed by atoms with E-state index in [-0.39, 0.29) is 18.6 Å². The highest BCUT2D eigenvalue weighted by Crippen LogP contribution is 2.04. The van der Waals surface area contributed by atoms with Gasteiger partial charge in [-0.05, 0) is 24.9 Å². The van der Waals surface area contributed by atoms with Crippen LogP contribution in [0.3, 0.4) is 0 Å². The predicted octanol–water partition coefficient (Wildman–Crippen LogP) is 0.743. The Morgan fingerprint density at radius 2 is 2.12 bits per heavy atom. The number of ether oxygens (including phenoxy) is 1. The lowest BCUT2D eigenvalue weighted by Gasteiger charge is -2.16. The SMILES string of the molecule is COC(=O)[C@H](Cc1ccccc1)NCCCO. The number of benzene rings is 1. The van der Waals surface area contributed by atoms with Crippen molar-refractivity contribution < 1.29 is 14.6 Å². The molecule has 0 saturated heterocycles. The molecule has 0 fully saturated rings. The Bertz CT molecular complexity index is 327. The van der Waals surface area contributed by atoms with Crippen molar-refractivity contribution in [3.63, 3.8) is 0 Å². The van der Waals surface area contributed by atoms with Gasteiger partial charge in [-0.1, -0.05) is 30.3 Å². The summed E-state index contributed by atoms with van der Waals surface area (Å²) in [6.45, 7) is 0.718. The maximum Gasteiger partial charge on any atom is 0.323 e. The van der Waals surface area contributed by atoms with E-state index in [1.54, 1.807) is 0 Å². The summed E-state index contributed by atoms with van der Waals surface area (Å²) in [5.74, 6) is -0.271. The third-order valence-corrected chi connectivity index (χ3v) is 2.49. The molecule has 1 rings (SSSR count). The molecule has 1 aromatic carbocycles. The van der Waals surface area contributed by atoms with E-state index in [0.717, 1.165) is 5.56 Å². The molecule has 94 valence electrons. The standard InChI is InChI=1S/C13H19NO3/c1-17-13(16)12(14-8-5-9-15)10-11-6-3-2-4-7-11/h2-4,6-7,12,14-15H,5,8-10H2,1H3/t12-/m0/s1. The number of hydrogen-bond donors (Lipinski definition) is 2. The first-order valence-corrected chi connectivity index (χ1v) is 5.74. The average Bonchev–Trinajstić information content (AvgIpc) is 2.38. The van der Waals surface area contributed by atoms with Gasteiger partial charge in [0.25, 0.3) is 0 Å². The Labute approximate surface area is 102 Å². The van der Waals surface area contributed by atoms with Gasteiger partial charge >= 0.3 is 5.97 Å². The van der Waals surface area contributed by atoms with Crippen LogP contribution in [-0.2, 0) is 16.0 Å². The van der Waals surface area contributed by atoms with Gasteiger partial charge in [-0.25, -0.2) is 0 Å². The average molecular weight is 237 g/mol. The molecule has 0 heterocycles. The number of carbonyl (C=O) groups excluding carboxylic acids is 1. The van der Waals surface area contributed by atoms with Gasteiger partial charge in [0, 0.05) is 6.61 Å². The number of hydrogen-bond acceptors (Lipinski definition) is 4. The fraction of sp³-hybridized carbons (Fsp3) is 0.462. The Hall–Kier alpha value is -1.39. The van der Waals surface area contributed by atoms with Gasteiger partial charge in [0.15, 0.2) is 0 Å². The normalized spacial score (nSPS) is 12.1. The summed E-state index contributed by atoms with van der Waals surface area (Å²) in [4.78, 5) is 11.6. The molecule has 0 unspecified atom stereocenters. The molecule has 2 N–H and O–H groups in total. The van der Waals surface area contributed by atoms with E-state index >= 15 is 0 Å². The molecule has 17 heavy (non-hydrogen) atoms. The Morgan fingerprint density at radius 1 is 1.41 bits per heavy atom. The molecule has 0 aliphatic carbocycles. The summed E-state index contributed by atoms with van der Waals surface area (Å²) >= 11 is 0. The first-order chi connectivity index (χ1) is 8.27. The third-order valence-electron chi connectivity index (χ3n) is 2.49. The number of aliphatic hydroxyl groups excluding tert-OH is 1. The summed E-state index contributed by atoms with van der Waals surface area (Å²) < 4.78 is 4.75. The molecule has 0 bridgehead atoms. The maximum atomic E-state index is 11.6. The van der Waals surface area contributed by atoms with E-state index in [1.165, 1.54) is 7.11 Å². The Morgan fingerprint density at radius 3 is 2.71 bits per heavy atom. The van der Waals surface area contributed by atoms with Crippen molar-refractivity contribution in [3.05, 3.63) is 35.9 Å². The molecule has 0 aliphatic rings. The van der Waals surface area contributed by atoms with E-state index < -0.39 is 0 Å². The summed E-state index contributed by atoms with van der Waals surface area (Å²) in [5, 5.41) is 11.8. The van der Waals surface area contributed by atoms with Gasteiger partial charge in [0.1, 0.15) is 6.04 Å². The number of nitrogens with one attached hydrogen (secondary N) is 1. The molecule has 4 heteroatoms. The summed E-state index contributed by atoms with van der Waals surface area (Å²) in [7, 11) is 1.38. The van der Waals surface area contributed by atoms with Crippen molar-refractivity contribution in [2.24, 2.45) is 0 Å². The second-order valence-corrected chi connectivity index (χ2v) is 3.80. The van der Waals surface area contributed by atoms with Crippen LogP contribution in [0.4, 0.5) is 0 Å². The van der Waals surface area contributed by atoms with E-state index in [4.69, 9.17) is 9.84 Å². The van der Waals surface area contributed by atoms with Crippen LogP contribution in [0, 0.1) is 0 Å². The quantitative estimate of drug-likeness (QED) is 0.542. The lowest BCUT2D eigenvalue weighted by atomic mass is 10.1. The van der Waals surface area contributed by atoms with Crippen molar-refractivity contribution in [1.82, 2.24) is 5.32 Å². The highest BCUT2D eigenvalue weighted by molar-refractivity contribution is 5.76. The van der Waals surface area contributed by atoms with Crippen LogP contribution in [0.15, 0.2) is 30.3 Å². The Kier molecular flexibility index (Phi) is 6.29. The molecule has 0 spiro atoms. The largest absolute Gasteiger partial charge is 0.468 e. The second kappa shape index (κ2) is 7.81. The molecular formula is C13H19NO3. The first kappa shape index (κ1) is 13.7. The summed E-state index contributed by atoms with van der Waals surface area (Å²) in [5.41, 5.74) is 1.08. The van der Waals surface area contributed by atoms with Crippen molar-refractivity contribution in [3.8, 4) is 0 Å². The lowest BCUT2D eigenvalue weighted by molar-refractivity contribution is -0.143. The molecule has 0 aromatic heterocycles. The summed E-state index contributed by atoms with van der Waals surface area (Å²) in [6.07, 6.45) is 1.22. The first-order valence-electron chi connectivity index (χ1n) is 5.74. The minimum atomic E-state index is -0.353. The fourth-order valence-electron chi connectivity index (χ4n) is 1.59. The van der Waals surface area contributed by atoms with E-state index in [1.807, 2.05) is 30.3 Å². The molecule has 0 saturated carbocycles. The van der Waals surface area contributed by atoms with Crippen molar-refractivity contribution in [1.29, 1.82) is 0 Å². The zero-order valence-electron chi connectivity index (χ0n) is 10.1. The van der Waals surface area contributed by atoms with E-state index in [2.05, 4.69) is 5.32 Å². The van der Waals surface area contributed by atoms with Crippen LogP contribution in [0.1, 0.15) is 12.0 Å². The predicted molar refractivity (Wildman–Crippen MR) is 65.7 cm³/mol. The molecule has 4 nitrogen and oxygen atoms in total. The minimum absolute atomic E-state index is 0.117. The number of rotatable bonds is 7. The van der Waals surface area contributed by atoms with Gasteiger partial charge in [-0.15, -0.1) is 0 Å².